The van der Waals surface area contributed by atoms with Gasteiger partial charge in [0.2, 0.25) is 5.95 Å². The molecule has 86 valence electrons. The number of nitrogens with zero attached hydrogens (tertiary/aromatic N) is 2. The first-order chi connectivity index (χ1) is 6.89. The Morgan fingerprint density at radius 1 is 1.80 bits per heavy atom. The van der Waals surface area contributed by atoms with Crippen molar-refractivity contribution in [2.75, 3.05) is 6.54 Å². The third kappa shape index (κ3) is 3.81. The molecule has 0 bridgehead atoms. The van der Waals surface area contributed by atoms with Crippen LogP contribution in [0, 0.1) is 0 Å². The molecule has 1 rings (SSSR count). The van der Waals surface area contributed by atoms with Crippen molar-refractivity contribution in [3.63, 3.8) is 0 Å². The SMILES string of the molecule is CC(CNN1N=CC=C(F)N1)S(=O)(=O)O. The largest absolute Gasteiger partial charge is 0.285 e. The maximum absolute atomic E-state index is 12.6. The second-order valence-corrected chi connectivity index (χ2v) is 4.73. The first-order valence-electron chi connectivity index (χ1n) is 4.06. The second-order valence-electron chi connectivity index (χ2n) is 2.89. The lowest BCUT2D eigenvalue weighted by atomic mass is 10.5. The predicted octanol–water partition coefficient (Wildman–Crippen LogP) is -0.616. The van der Waals surface area contributed by atoms with Crippen LogP contribution >= 0.6 is 0 Å². The molecule has 0 saturated carbocycles. The fraction of sp³-hybridized carbons (Fsp3) is 0.500. The average molecular weight is 238 g/mol. The third-order valence-electron chi connectivity index (χ3n) is 1.65. The molecule has 0 fully saturated rings. The van der Waals surface area contributed by atoms with Crippen molar-refractivity contribution in [2.24, 2.45) is 5.10 Å². The van der Waals surface area contributed by atoms with E-state index in [9.17, 15) is 12.8 Å². The summed E-state index contributed by atoms with van der Waals surface area (Å²) in [5.74, 6) is -0.628. The summed E-state index contributed by atoms with van der Waals surface area (Å²) in [7, 11) is -4.09. The zero-order valence-corrected chi connectivity index (χ0v) is 8.70. The minimum Gasteiger partial charge on any atom is -0.285 e. The van der Waals surface area contributed by atoms with E-state index in [1.807, 2.05) is 0 Å². The van der Waals surface area contributed by atoms with Crippen molar-refractivity contribution in [1.82, 2.24) is 16.1 Å². The van der Waals surface area contributed by atoms with E-state index < -0.39 is 21.3 Å². The van der Waals surface area contributed by atoms with Crippen molar-refractivity contribution in [1.29, 1.82) is 0 Å². The Kier molecular flexibility index (Phi) is 3.61. The number of hydrogen-bond donors (Lipinski definition) is 3. The summed E-state index contributed by atoms with van der Waals surface area (Å²) >= 11 is 0. The predicted molar refractivity (Wildman–Crippen MR) is 51.7 cm³/mol. The van der Waals surface area contributed by atoms with Gasteiger partial charge in [0.25, 0.3) is 10.1 Å². The summed E-state index contributed by atoms with van der Waals surface area (Å²) in [5.41, 5.74) is 4.63. The Bertz CT molecular complexity index is 380. The highest BCUT2D eigenvalue weighted by molar-refractivity contribution is 7.86. The van der Waals surface area contributed by atoms with Gasteiger partial charge in [0, 0.05) is 12.6 Å². The van der Waals surface area contributed by atoms with Crippen LogP contribution in [0.2, 0.25) is 0 Å². The summed E-state index contributed by atoms with van der Waals surface area (Å²) in [4.78, 5) is 0. The number of hydrazine groups is 2. The highest BCUT2D eigenvalue weighted by atomic mass is 32.2. The summed E-state index contributed by atoms with van der Waals surface area (Å²) in [6.45, 7) is 1.21. The molecule has 0 amide bonds. The molecule has 1 unspecified atom stereocenters. The number of hydrogen-bond acceptors (Lipinski definition) is 6. The molecule has 1 aliphatic rings. The number of nitrogens with one attached hydrogen (secondary N) is 2. The molecule has 0 radical (unpaired) electrons. The molecule has 1 atom stereocenters. The quantitative estimate of drug-likeness (QED) is 0.446. The first kappa shape index (κ1) is 11.9. The Hall–Kier alpha value is -1.19. The Labute approximate surface area is 86.3 Å². The van der Waals surface area contributed by atoms with E-state index in [0.29, 0.717) is 0 Å². The molecule has 0 spiro atoms. The number of allylic oxidation sites excluding steroid dienone is 1. The molecule has 0 aromatic carbocycles. The van der Waals surface area contributed by atoms with Crippen molar-refractivity contribution >= 4 is 16.3 Å². The lowest BCUT2D eigenvalue weighted by Crippen LogP contribution is -2.47. The molecular formula is C6H11FN4O3S. The van der Waals surface area contributed by atoms with E-state index in [4.69, 9.17) is 4.55 Å². The van der Waals surface area contributed by atoms with Gasteiger partial charge in [0.1, 0.15) is 0 Å². The molecule has 1 heterocycles. The van der Waals surface area contributed by atoms with Gasteiger partial charge in [-0.15, -0.1) is 10.3 Å². The van der Waals surface area contributed by atoms with Crippen LogP contribution in [0.5, 0.6) is 0 Å². The standard InChI is InChI=1S/C6H11FN4O3S/c1-5(15(12,13)14)4-9-11-8-3-2-6(7)10-11/h2-3,5,9-10H,4H2,1H3,(H,12,13,14). The van der Waals surface area contributed by atoms with Crippen LogP contribution in [0.4, 0.5) is 4.39 Å². The molecule has 3 N–H and O–H groups in total. The molecule has 15 heavy (non-hydrogen) atoms. The second kappa shape index (κ2) is 4.55. The van der Waals surface area contributed by atoms with Crippen molar-refractivity contribution in [2.45, 2.75) is 12.2 Å². The molecule has 0 saturated heterocycles. The summed E-state index contributed by atoms with van der Waals surface area (Å²) < 4.78 is 42.5. The Morgan fingerprint density at radius 3 is 3.00 bits per heavy atom. The van der Waals surface area contributed by atoms with Crippen LogP contribution in [0.15, 0.2) is 17.1 Å². The van der Waals surface area contributed by atoms with Gasteiger partial charge in [0.15, 0.2) is 0 Å². The van der Waals surface area contributed by atoms with Gasteiger partial charge in [-0.05, 0) is 6.92 Å². The zero-order chi connectivity index (χ0) is 11.5. The first-order valence-corrected chi connectivity index (χ1v) is 5.56. The molecular weight excluding hydrogens is 227 g/mol. The van der Waals surface area contributed by atoms with Gasteiger partial charge in [-0.1, -0.05) is 0 Å². The summed E-state index contributed by atoms with van der Waals surface area (Å²) in [6.07, 6.45) is 2.29. The number of rotatable bonds is 4. The van der Waals surface area contributed by atoms with E-state index >= 15 is 0 Å². The Balaban J connectivity index is 2.39. The number of hydrazone groups is 1. The van der Waals surface area contributed by atoms with Crippen LogP contribution < -0.4 is 10.9 Å². The van der Waals surface area contributed by atoms with Gasteiger partial charge >= 0.3 is 0 Å². The van der Waals surface area contributed by atoms with E-state index in [1.165, 1.54) is 13.1 Å². The van der Waals surface area contributed by atoms with Gasteiger partial charge < -0.3 is 0 Å². The van der Waals surface area contributed by atoms with E-state index in [1.54, 1.807) is 0 Å². The normalized spacial score (nSPS) is 18.3. The maximum atomic E-state index is 12.6. The van der Waals surface area contributed by atoms with Gasteiger partial charge in [0.05, 0.1) is 11.5 Å². The van der Waals surface area contributed by atoms with Gasteiger partial charge in [-0.25, -0.2) is 5.43 Å². The van der Waals surface area contributed by atoms with E-state index in [0.717, 1.165) is 11.3 Å². The van der Waals surface area contributed by atoms with E-state index in [2.05, 4.69) is 16.0 Å². The molecule has 1 aliphatic heterocycles. The topological polar surface area (TPSA) is 94.0 Å². The summed E-state index contributed by atoms with van der Waals surface area (Å²) in [5, 5.41) is 3.53. The van der Waals surface area contributed by atoms with Crippen LogP contribution in [0.1, 0.15) is 6.92 Å². The zero-order valence-electron chi connectivity index (χ0n) is 7.88. The van der Waals surface area contributed by atoms with Crippen molar-refractivity contribution in [3.05, 3.63) is 12.0 Å². The van der Waals surface area contributed by atoms with Gasteiger partial charge in [-0.2, -0.15) is 18.2 Å². The van der Waals surface area contributed by atoms with Crippen molar-refractivity contribution in [3.8, 4) is 0 Å². The lowest BCUT2D eigenvalue weighted by molar-refractivity contribution is 0.121. The minimum atomic E-state index is -4.09. The molecule has 0 aliphatic carbocycles. The van der Waals surface area contributed by atoms with Crippen molar-refractivity contribution < 1.29 is 17.4 Å². The van der Waals surface area contributed by atoms with Crippen LogP contribution in [0.3, 0.4) is 0 Å². The highest BCUT2D eigenvalue weighted by Crippen LogP contribution is 1.98. The Morgan fingerprint density at radius 2 is 2.47 bits per heavy atom. The number of halogens is 1. The molecule has 9 heteroatoms. The fourth-order valence-electron chi connectivity index (χ4n) is 0.733. The molecule has 0 aromatic rings. The summed E-state index contributed by atoms with van der Waals surface area (Å²) in [6, 6.07) is 0. The lowest BCUT2D eigenvalue weighted by Gasteiger charge is -2.22. The highest BCUT2D eigenvalue weighted by Gasteiger charge is 2.18. The van der Waals surface area contributed by atoms with Gasteiger partial charge in [-0.3, -0.25) is 4.55 Å². The minimum absolute atomic E-state index is 0.101. The smallest absolute Gasteiger partial charge is 0.268 e. The van der Waals surface area contributed by atoms with Crippen LogP contribution in [-0.4, -0.2) is 36.2 Å². The van der Waals surface area contributed by atoms with Crippen LogP contribution in [-0.2, 0) is 10.1 Å². The fourth-order valence-corrected chi connectivity index (χ4v) is 1.02. The maximum Gasteiger partial charge on any atom is 0.268 e. The van der Waals surface area contributed by atoms with E-state index in [-0.39, 0.29) is 6.54 Å². The van der Waals surface area contributed by atoms with Crippen LogP contribution in [0.25, 0.3) is 0 Å². The monoisotopic (exact) mass is 238 g/mol. The molecule has 7 nitrogen and oxygen atoms in total. The third-order valence-corrected chi connectivity index (χ3v) is 2.84. The molecule has 0 aromatic heterocycles. The average Bonchev–Trinajstić information content (AvgIpc) is 2.12.